The van der Waals surface area contributed by atoms with Crippen molar-refractivity contribution in [2.24, 2.45) is 0 Å². The first-order valence-corrected chi connectivity index (χ1v) is 9.55. The maximum Gasteiger partial charge on any atom is 0.102 e. The zero-order valence-electron chi connectivity index (χ0n) is 14.9. The Kier molecular flexibility index (Phi) is 5.76. The van der Waals surface area contributed by atoms with Gasteiger partial charge in [0.15, 0.2) is 0 Å². The summed E-state index contributed by atoms with van der Waals surface area (Å²) < 4.78 is 8.21. The number of hydrogen-bond acceptors (Lipinski definition) is 3. The molecule has 1 unspecified atom stereocenters. The van der Waals surface area contributed by atoms with Gasteiger partial charge in [0.1, 0.15) is 6.10 Å². The number of ether oxygens (including phenoxy) is 1. The molecule has 0 aliphatic rings. The van der Waals surface area contributed by atoms with Gasteiger partial charge in [0.25, 0.3) is 0 Å². The molecule has 0 radical (unpaired) electrons. The van der Waals surface area contributed by atoms with E-state index in [1.165, 1.54) is 0 Å². The molecule has 5 nitrogen and oxygen atoms in total. The van der Waals surface area contributed by atoms with Crippen LogP contribution < -0.4 is 0 Å². The summed E-state index contributed by atoms with van der Waals surface area (Å²) in [7, 11) is 0. The van der Waals surface area contributed by atoms with Gasteiger partial charge in [-0.05, 0) is 23.3 Å². The summed E-state index contributed by atoms with van der Waals surface area (Å²) in [6, 6.07) is 13.7. The summed E-state index contributed by atoms with van der Waals surface area (Å²) in [6.07, 6.45) is 8.85. The number of aromatic nitrogens is 4. The van der Waals surface area contributed by atoms with Crippen molar-refractivity contribution >= 4 is 23.2 Å². The smallest absolute Gasteiger partial charge is 0.102 e. The second-order valence-electron chi connectivity index (χ2n) is 6.41. The van der Waals surface area contributed by atoms with Gasteiger partial charge in [-0.25, -0.2) is 4.98 Å². The third kappa shape index (κ3) is 4.44. The zero-order chi connectivity index (χ0) is 19.3. The van der Waals surface area contributed by atoms with E-state index in [0.717, 1.165) is 22.3 Å². The molecular weight excluding hydrogens is 395 g/mol. The fourth-order valence-corrected chi connectivity index (χ4v) is 3.52. The van der Waals surface area contributed by atoms with Crippen LogP contribution in [0.4, 0.5) is 0 Å². The van der Waals surface area contributed by atoms with E-state index in [1.54, 1.807) is 24.8 Å². The van der Waals surface area contributed by atoms with Crippen LogP contribution in [-0.4, -0.2) is 19.7 Å². The Morgan fingerprint density at radius 2 is 1.93 bits per heavy atom. The fraction of sp³-hybridized carbons (Fsp3) is 0.143. The van der Waals surface area contributed by atoms with E-state index in [0.29, 0.717) is 23.2 Å². The molecule has 0 saturated heterocycles. The van der Waals surface area contributed by atoms with Crippen molar-refractivity contribution in [1.29, 1.82) is 0 Å². The number of nitrogens with one attached hydrogen (secondary N) is 1. The van der Waals surface area contributed by atoms with E-state index < -0.39 is 0 Å². The number of nitrogens with zero attached hydrogens (tertiary/aromatic N) is 3. The van der Waals surface area contributed by atoms with Crippen LogP contribution in [0.25, 0.3) is 11.1 Å². The van der Waals surface area contributed by atoms with E-state index in [4.69, 9.17) is 27.9 Å². The highest BCUT2D eigenvalue weighted by atomic mass is 35.5. The summed E-state index contributed by atoms with van der Waals surface area (Å²) in [5, 5.41) is 8.00. The summed E-state index contributed by atoms with van der Waals surface area (Å²) in [4.78, 5) is 4.10. The summed E-state index contributed by atoms with van der Waals surface area (Å²) in [6.45, 7) is 1.07. The molecule has 7 heteroatoms. The minimum absolute atomic E-state index is 0.229. The number of rotatable bonds is 7. The lowest BCUT2D eigenvalue weighted by Crippen LogP contribution is -2.12. The Hall–Kier alpha value is -2.60. The molecule has 0 spiro atoms. The first kappa shape index (κ1) is 18.7. The standard InChI is InChI=1S/C21H18Cl2N4O/c22-18-5-6-19(20(23)9-18)21(12-27-8-7-24-14-27)28-13-15-1-3-16(4-2-15)17-10-25-26-11-17/h1-11,14,21H,12-13H2,(H,25,26). The van der Waals surface area contributed by atoms with Gasteiger partial charge in [-0.15, -0.1) is 0 Å². The summed E-state index contributed by atoms with van der Waals surface area (Å²) in [5.41, 5.74) is 4.13. The predicted octanol–water partition coefficient (Wildman–Crippen LogP) is 5.54. The zero-order valence-corrected chi connectivity index (χ0v) is 16.4. The van der Waals surface area contributed by atoms with Crippen molar-refractivity contribution in [2.75, 3.05) is 0 Å². The molecule has 0 aliphatic heterocycles. The first-order chi connectivity index (χ1) is 13.7. The molecule has 2 aromatic heterocycles. The van der Waals surface area contributed by atoms with Crippen molar-refractivity contribution < 1.29 is 4.74 Å². The Morgan fingerprint density at radius 3 is 2.61 bits per heavy atom. The highest BCUT2D eigenvalue weighted by Crippen LogP contribution is 2.30. The fourth-order valence-electron chi connectivity index (χ4n) is 2.99. The van der Waals surface area contributed by atoms with Crippen LogP contribution in [0.2, 0.25) is 10.0 Å². The molecule has 1 atom stereocenters. The molecule has 4 aromatic rings. The number of aromatic amines is 1. The maximum atomic E-state index is 6.43. The van der Waals surface area contributed by atoms with Gasteiger partial charge in [0.05, 0.1) is 25.7 Å². The van der Waals surface area contributed by atoms with E-state index >= 15 is 0 Å². The van der Waals surface area contributed by atoms with Crippen molar-refractivity contribution in [1.82, 2.24) is 19.7 Å². The Balaban J connectivity index is 1.50. The number of halogens is 2. The Bertz CT molecular complexity index is 1020. The van der Waals surface area contributed by atoms with Crippen molar-refractivity contribution in [2.45, 2.75) is 19.3 Å². The Morgan fingerprint density at radius 1 is 1.07 bits per heavy atom. The molecule has 2 heterocycles. The number of benzene rings is 2. The Labute approximate surface area is 172 Å². The normalized spacial score (nSPS) is 12.2. The van der Waals surface area contributed by atoms with Crippen LogP contribution in [0.5, 0.6) is 0 Å². The molecule has 0 saturated carbocycles. The molecule has 0 amide bonds. The van der Waals surface area contributed by atoms with Gasteiger partial charge in [-0.3, -0.25) is 5.10 Å². The van der Waals surface area contributed by atoms with Crippen LogP contribution in [-0.2, 0) is 17.9 Å². The number of hydrogen-bond donors (Lipinski definition) is 1. The van der Waals surface area contributed by atoms with Crippen molar-refractivity contribution in [3.8, 4) is 11.1 Å². The highest BCUT2D eigenvalue weighted by Gasteiger charge is 2.17. The third-order valence-electron chi connectivity index (χ3n) is 4.48. The maximum absolute atomic E-state index is 6.43. The van der Waals surface area contributed by atoms with Crippen LogP contribution in [0.15, 0.2) is 73.6 Å². The average molecular weight is 413 g/mol. The highest BCUT2D eigenvalue weighted by molar-refractivity contribution is 6.35. The minimum Gasteiger partial charge on any atom is -0.367 e. The quantitative estimate of drug-likeness (QED) is 0.433. The van der Waals surface area contributed by atoms with Crippen LogP contribution in [0.3, 0.4) is 0 Å². The summed E-state index contributed by atoms with van der Waals surface area (Å²) in [5.74, 6) is 0. The first-order valence-electron chi connectivity index (χ1n) is 8.79. The van der Waals surface area contributed by atoms with Gasteiger partial charge >= 0.3 is 0 Å². The van der Waals surface area contributed by atoms with Crippen molar-refractivity contribution in [3.63, 3.8) is 0 Å². The van der Waals surface area contributed by atoms with Crippen LogP contribution in [0.1, 0.15) is 17.2 Å². The molecule has 4 rings (SSSR count). The second kappa shape index (κ2) is 8.61. The minimum atomic E-state index is -0.229. The van der Waals surface area contributed by atoms with Crippen molar-refractivity contribution in [3.05, 3.63) is 94.8 Å². The lowest BCUT2D eigenvalue weighted by molar-refractivity contribution is 0.0280. The largest absolute Gasteiger partial charge is 0.367 e. The van der Waals surface area contributed by atoms with Gasteiger partial charge < -0.3 is 9.30 Å². The van der Waals surface area contributed by atoms with E-state index in [-0.39, 0.29) is 6.10 Å². The SMILES string of the molecule is Clc1ccc(C(Cn2ccnc2)OCc2ccc(-c3cn[nH]c3)cc2)c(Cl)c1. The van der Waals surface area contributed by atoms with Crippen LogP contribution in [0, 0.1) is 0 Å². The topological polar surface area (TPSA) is 55.7 Å². The summed E-state index contributed by atoms with van der Waals surface area (Å²) >= 11 is 12.5. The molecule has 2 aromatic carbocycles. The number of imidazole rings is 1. The third-order valence-corrected chi connectivity index (χ3v) is 5.04. The molecule has 1 N–H and O–H groups in total. The van der Waals surface area contributed by atoms with E-state index in [9.17, 15) is 0 Å². The molecule has 28 heavy (non-hydrogen) atoms. The second-order valence-corrected chi connectivity index (χ2v) is 7.25. The van der Waals surface area contributed by atoms with E-state index in [1.807, 2.05) is 29.1 Å². The molecular formula is C21H18Cl2N4O. The number of H-pyrrole nitrogens is 1. The molecule has 142 valence electrons. The monoisotopic (exact) mass is 412 g/mol. The predicted molar refractivity (Wildman–Crippen MR) is 110 cm³/mol. The molecule has 0 bridgehead atoms. The average Bonchev–Trinajstić information content (AvgIpc) is 3.40. The lowest BCUT2D eigenvalue weighted by atomic mass is 10.1. The van der Waals surface area contributed by atoms with E-state index in [2.05, 4.69) is 39.4 Å². The lowest BCUT2D eigenvalue weighted by Gasteiger charge is -2.20. The van der Waals surface area contributed by atoms with Gasteiger partial charge in [-0.2, -0.15) is 5.10 Å². The van der Waals surface area contributed by atoms with Gasteiger partial charge in [-0.1, -0.05) is 53.5 Å². The van der Waals surface area contributed by atoms with Gasteiger partial charge in [0, 0.05) is 39.8 Å². The van der Waals surface area contributed by atoms with Gasteiger partial charge in [0.2, 0.25) is 0 Å². The molecule has 0 fully saturated rings. The molecule has 0 aliphatic carbocycles. The van der Waals surface area contributed by atoms with Crippen LogP contribution >= 0.6 is 23.2 Å².